The normalized spacial score (nSPS) is 19.5. The molecular formula is C19H22F3N3O. The molecule has 0 spiro atoms. The number of halogens is 3. The molecule has 1 atom stereocenters. The largest absolute Gasteiger partial charge is 0.417 e. The molecule has 2 aromatic rings. The van der Waals surface area contributed by atoms with Gasteiger partial charge in [-0.1, -0.05) is 12.1 Å². The molecule has 0 radical (unpaired) electrons. The first-order valence-corrected chi connectivity index (χ1v) is 8.52. The quantitative estimate of drug-likeness (QED) is 0.819. The second-order valence-electron chi connectivity index (χ2n) is 6.95. The highest BCUT2D eigenvalue weighted by Gasteiger charge is 2.31. The first kappa shape index (κ1) is 18.7. The molecule has 1 aliphatic rings. The molecule has 1 aromatic heterocycles. The van der Waals surface area contributed by atoms with E-state index in [-0.39, 0.29) is 5.72 Å². The highest BCUT2D eigenvalue weighted by atomic mass is 19.4. The zero-order valence-electron chi connectivity index (χ0n) is 14.7. The van der Waals surface area contributed by atoms with Gasteiger partial charge in [0, 0.05) is 17.9 Å². The predicted octanol–water partition coefficient (Wildman–Crippen LogP) is 4.50. The molecule has 0 aliphatic carbocycles. The first-order valence-electron chi connectivity index (χ1n) is 8.52. The number of hydrogen-bond donors (Lipinski definition) is 2. The number of pyridine rings is 1. The minimum atomic E-state index is -4.37. The molecule has 0 saturated carbocycles. The lowest BCUT2D eigenvalue weighted by Gasteiger charge is -2.18. The highest BCUT2D eigenvalue weighted by molar-refractivity contribution is 5.56. The minimum Gasteiger partial charge on any atom is -0.360 e. The Morgan fingerprint density at radius 2 is 1.92 bits per heavy atom. The predicted molar refractivity (Wildman–Crippen MR) is 94.2 cm³/mol. The van der Waals surface area contributed by atoms with Crippen LogP contribution in [0.4, 0.5) is 24.7 Å². The molecule has 1 aromatic carbocycles. The fourth-order valence-corrected chi connectivity index (χ4v) is 2.92. The van der Waals surface area contributed by atoms with Gasteiger partial charge in [-0.3, -0.25) is 5.32 Å². The van der Waals surface area contributed by atoms with Crippen LogP contribution in [0.5, 0.6) is 0 Å². The third-order valence-electron chi connectivity index (χ3n) is 4.30. The van der Waals surface area contributed by atoms with Crippen LogP contribution in [-0.2, 0) is 17.3 Å². The van der Waals surface area contributed by atoms with Crippen molar-refractivity contribution >= 4 is 11.5 Å². The molecule has 1 aliphatic heterocycles. The summed E-state index contributed by atoms with van der Waals surface area (Å²) in [5, 5.41) is 6.44. The SMILES string of the molecule is CC1(C)N[C@@H](CCc2ccc(Nc3ccc(C(F)(F)F)cn3)cc2)CO1. The number of hydrogen-bond acceptors (Lipinski definition) is 4. The van der Waals surface area contributed by atoms with Gasteiger partial charge in [-0.05, 0) is 56.5 Å². The van der Waals surface area contributed by atoms with Crippen molar-refractivity contribution in [2.45, 2.75) is 44.6 Å². The number of rotatable bonds is 5. The van der Waals surface area contributed by atoms with E-state index in [0.717, 1.165) is 30.8 Å². The minimum absolute atomic E-state index is 0.257. The van der Waals surface area contributed by atoms with Gasteiger partial charge in [0.2, 0.25) is 0 Å². The van der Waals surface area contributed by atoms with Crippen molar-refractivity contribution < 1.29 is 17.9 Å². The number of ether oxygens (including phenoxy) is 1. The summed E-state index contributed by atoms with van der Waals surface area (Å²) in [6.07, 6.45) is -1.64. The zero-order valence-corrected chi connectivity index (χ0v) is 14.7. The van der Waals surface area contributed by atoms with E-state index in [1.165, 1.54) is 11.6 Å². The van der Waals surface area contributed by atoms with Crippen LogP contribution in [0.1, 0.15) is 31.4 Å². The van der Waals surface area contributed by atoms with E-state index in [9.17, 15) is 13.2 Å². The molecule has 140 valence electrons. The average Bonchev–Trinajstić information content (AvgIpc) is 2.93. The number of nitrogens with one attached hydrogen (secondary N) is 2. The second kappa shape index (κ2) is 7.25. The lowest BCUT2D eigenvalue weighted by atomic mass is 10.1. The number of benzene rings is 1. The van der Waals surface area contributed by atoms with Gasteiger partial charge in [-0.25, -0.2) is 4.98 Å². The smallest absolute Gasteiger partial charge is 0.360 e. The van der Waals surface area contributed by atoms with Crippen molar-refractivity contribution in [2.24, 2.45) is 0 Å². The maximum absolute atomic E-state index is 12.5. The number of aryl methyl sites for hydroxylation is 1. The molecule has 7 heteroatoms. The summed E-state index contributed by atoms with van der Waals surface area (Å²) in [4.78, 5) is 3.81. The van der Waals surface area contributed by atoms with Crippen molar-refractivity contribution in [2.75, 3.05) is 11.9 Å². The molecule has 4 nitrogen and oxygen atoms in total. The maximum atomic E-state index is 12.5. The van der Waals surface area contributed by atoms with E-state index in [1.807, 2.05) is 38.1 Å². The van der Waals surface area contributed by atoms with Crippen molar-refractivity contribution in [3.63, 3.8) is 0 Å². The van der Waals surface area contributed by atoms with Crippen LogP contribution in [0.15, 0.2) is 42.6 Å². The Morgan fingerprint density at radius 1 is 1.19 bits per heavy atom. The Labute approximate surface area is 150 Å². The molecule has 2 heterocycles. The Balaban J connectivity index is 1.53. The van der Waals surface area contributed by atoms with E-state index in [4.69, 9.17) is 4.74 Å². The van der Waals surface area contributed by atoms with Gasteiger partial charge in [0.1, 0.15) is 11.5 Å². The lowest BCUT2D eigenvalue weighted by Crippen LogP contribution is -2.38. The van der Waals surface area contributed by atoms with E-state index in [2.05, 4.69) is 15.6 Å². The monoisotopic (exact) mass is 365 g/mol. The molecular weight excluding hydrogens is 343 g/mol. The number of alkyl halides is 3. The van der Waals surface area contributed by atoms with Crippen LogP contribution in [0.25, 0.3) is 0 Å². The van der Waals surface area contributed by atoms with Gasteiger partial charge >= 0.3 is 6.18 Å². The molecule has 1 fully saturated rings. The molecule has 0 bridgehead atoms. The summed E-state index contributed by atoms with van der Waals surface area (Å²) in [6, 6.07) is 10.5. The van der Waals surface area contributed by atoms with Gasteiger partial charge in [-0.2, -0.15) is 13.2 Å². The summed E-state index contributed by atoms with van der Waals surface area (Å²) >= 11 is 0. The van der Waals surface area contributed by atoms with Crippen LogP contribution in [0.3, 0.4) is 0 Å². The van der Waals surface area contributed by atoms with Crippen LogP contribution in [-0.4, -0.2) is 23.4 Å². The van der Waals surface area contributed by atoms with Crippen LogP contribution < -0.4 is 10.6 Å². The van der Waals surface area contributed by atoms with E-state index >= 15 is 0 Å². The summed E-state index contributed by atoms with van der Waals surface area (Å²) in [5.74, 6) is 0.375. The number of aromatic nitrogens is 1. The second-order valence-corrected chi connectivity index (χ2v) is 6.95. The topological polar surface area (TPSA) is 46.2 Å². The summed E-state index contributed by atoms with van der Waals surface area (Å²) in [5.41, 5.74) is 0.964. The molecule has 2 N–H and O–H groups in total. The van der Waals surface area contributed by atoms with Gasteiger partial charge in [0.15, 0.2) is 0 Å². The summed E-state index contributed by atoms with van der Waals surface area (Å²) < 4.78 is 43.3. The zero-order chi connectivity index (χ0) is 18.8. The van der Waals surface area contributed by atoms with E-state index in [1.54, 1.807) is 0 Å². The van der Waals surface area contributed by atoms with E-state index in [0.29, 0.717) is 18.5 Å². The Kier molecular flexibility index (Phi) is 5.20. The summed E-state index contributed by atoms with van der Waals surface area (Å²) in [7, 11) is 0. The maximum Gasteiger partial charge on any atom is 0.417 e. The van der Waals surface area contributed by atoms with Gasteiger partial charge in [-0.15, -0.1) is 0 Å². The van der Waals surface area contributed by atoms with Crippen molar-refractivity contribution in [3.05, 3.63) is 53.7 Å². The number of anilines is 2. The molecule has 0 amide bonds. The molecule has 26 heavy (non-hydrogen) atoms. The van der Waals surface area contributed by atoms with Crippen LogP contribution in [0.2, 0.25) is 0 Å². The molecule has 1 saturated heterocycles. The molecule has 3 rings (SSSR count). The fourth-order valence-electron chi connectivity index (χ4n) is 2.92. The first-order chi connectivity index (χ1) is 12.2. The van der Waals surface area contributed by atoms with Crippen LogP contribution in [0, 0.1) is 0 Å². The highest BCUT2D eigenvalue weighted by Crippen LogP contribution is 2.29. The fraction of sp³-hybridized carbons (Fsp3) is 0.421. The van der Waals surface area contributed by atoms with Gasteiger partial charge in [0.05, 0.1) is 12.2 Å². The van der Waals surface area contributed by atoms with Crippen LogP contribution >= 0.6 is 0 Å². The third kappa shape index (κ3) is 4.95. The molecule has 0 unspecified atom stereocenters. The van der Waals surface area contributed by atoms with Gasteiger partial charge in [0.25, 0.3) is 0 Å². The van der Waals surface area contributed by atoms with Crippen molar-refractivity contribution in [1.82, 2.24) is 10.3 Å². The Bertz CT molecular complexity index is 727. The van der Waals surface area contributed by atoms with Crippen molar-refractivity contribution in [3.8, 4) is 0 Å². The Morgan fingerprint density at radius 3 is 2.46 bits per heavy atom. The average molecular weight is 365 g/mol. The standard InChI is InChI=1S/C19H22F3N3O/c1-18(2)25-16(12-26-18)9-5-13-3-7-15(8-4-13)24-17-10-6-14(11-23-17)19(20,21)22/h3-4,6-8,10-11,16,25H,5,9,12H2,1-2H3,(H,23,24)/t16-/m0/s1. The number of nitrogens with zero attached hydrogens (tertiary/aromatic N) is 1. The van der Waals surface area contributed by atoms with Gasteiger partial charge < -0.3 is 10.1 Å². The summed E-state index contributed by atoms with van der Waals surface area (Å²) in [6.45, 7) is 4.75. The Hall–Kier alpha value is -2.12. The lowest BCUT2D eigenvalue weighted by molar-refractivity contribution is -0.137. The van der Waals surface area contributed by atoms with E-state index < -0.39 is 11.7 Å². The van der Waals surface area contributed by atoms with Crippen molar-refractivity contribution in [1.29, 1.82) is 0 Å². The third-order valence-corrected chi connectivity index (χ3v) is 4.30.